The molecule has 0 atom stereocenters. The number of hydrogen-bond donors (Lipinski definition) is 2. The Morgan fingerprint density at radius 2 is 2.00 bits per heavy atom. The fourth-order valence-electron chi connectivity index (χ4n) is 2.11. The number of aromatic nitrogens is 1. The van der Waals surface area contributed by atoms with E-state index >= 15 is 0 Å². The summed E-state index contributed by atoms with van der Waals surface area (Å²) in [6.45, 7) is 2.72. The Kier molecular flexibility index (Phi) is 6.20. The second-order valence-corrected chi connectivity index (χ2v) is 4.61. The number of amides is 1. The van der Waals surface area contributed by atoms with Gasteiger partial charge in [0.15, 0.2) is 0 Å². The molecule has 0 saturated carbocycles. The second kappa shape index (κ2) is 7.43. The number of pyridine rings is 1. The number of para-hydroxylation sites is 1. The van der Waals surface area contributed by atoms with Gasteiger partial charge in [-0.15, -0.1) is 24.8 Å². The van der Waals surface area contributed by atoms with Gasteiger partial charge in [-0.25, -0.2) is 0 Å². The molecule has 6 heteroatoms. The molecule has 2 heterocycles. The van der Waals surface area contributed by atoms with E-state index in [1.54, 1.807) is 6.20 Å². The number of rotatable bonds is 3. The Hall–Kier alpha value is -1.36. The van der Waals surface area contributed by atoms with E-state index in [2.05, 4.69) is 15.6 Å². The second-order valence-electron chi connectivity index (χ2n) is 4.61. The number of halogens is 2. The van der Waals surface area contributed by atoms with Crippen LogP contribution in [0.2, 0.25) is 0 Å². The van der Waals surface area contributed by atoms with Crippen molar-refractivity contribution < 1.29 is 4.79 Å². The van der Waals surface area contributed by atoms with Crippen molar-refractivity contribution in [1.82, 2.24) is 15.6 Å². The van der Waals surface area contributed by atoms with E-state index < -0.39 is 0 Å². The first kappa shape index (κ1) is 16.7. The van der Waals surface area contributed by atoms with Gasteiger partial charge in [-0.05, 0) is 12.1 Å². The van der Waals surface area contributed by atoms with Gasteiger partial charge in [0.2, 0.25) is 0 Å². The summed E-state index contributed by atoms with van der Waals surface area (Å²) >= 11 is 0. The lowest BCUT2D eigenvalue weighted by atomic mass is 10.0. The highest BCUT2D eigenvalue weighted by Crippen LogP contribution is 2.15. The van der Waals surface area contributed by atoms with Gasteiger partial charge >= 0.3 is 0 Å². The van der Waals surface area contributed by atoms with Gasteiger partial charge in [0.1, 0.15) is 0 Å². The Morgan fingerprint density at radius 3 is 2.70 bits per heavy atom. The molecule has 1 fully saturated rings. The summed E-state index contributed by atoms with van der Waals surface area (Å²) < 4.78 is 0. The van der Waals surface area contributed by atoms with E-state index in [-0.39, 0.29) is 30.7 Å². The number of hydrogen-bond acceptors (Lipinski definition) is 3. The van der Waals surface area contributed by atoms with Crippen molar-refractivity contribution in [2.45, 2.75) is 0 Å². The highest BCUT2D eigenvalue weighted by Gasteiger charge is 2.18. The summed E-state index contributed by atoms with van der Waals surface area (Å²) in [5, 5.41) is 7.16. The van der Waals surface area contributed by atoms with Crippen LogP contribution in [0.3, 0.4) is 0 Å². The number of nitrogens with one attached hydrogen (secondary N) is 2. The van der Waals surface area contributed by atoms with E-state index in [1.165, 1.54) is 0 Å². The van der Waals surface area contributed by atoms with Gasteiger partial charge in [0, 0.05) is 37.1 Å². The molecule has 0 spiro atoms. The molecule has 0 radical (unpaired) electrons. The largest absolute Gasteiger partial charge is 0.352 e. The normalized spacial score (nSPS) is 13.8. The smallest absolute Gasteiger partial charge is 0.253 e. The molecule has 108 valence electrons. The third kappa shape index (κ3) is 3.39. The maximum Gasteiger partial charge on any atom is 0.253 e. The van der Waals surface area contributed by atoms with Gasteiger partial charge in [0.25, 0.3) is 5.91 Å². The van der Waals surface area contributed by atoms with Gasteiger partial charge in [-0.2, -0.15) is 0 Å². The van der Waals surface area contributed by atoms with Gasteiger partial charge in [-0.1, -0.05) is 18.2 Å². The lowest BCUT2D eigenvalue weighted by molar-refractivity contribution is 0.0943. The van der Waals surface area contributed by atoms with Crippen LogP contribution in [0.1, 0.15) is 10.4 Å². The van der Waals surface area contributed by atoms with Crippen LogP contribution in [0.25, 0.3) is 10.9 Å². The first-order valence-electron chi connectivity index (χ1n) is 6.17. The quantitative estimate of drug-likeness (QED) is 0.911. The molecule has 0 unspecified atom stereocenters. The summed E-state index contributed by atoms with van der Waals surface area (Å²) in [5.41, 5.74) is 1.42. The number of nitrogens with zero attached hydrogens (tertiary/aromatic N) is 1. The predicted octanol–water partition coefficient (Wildman–Crippen LogP) is 2.03. The van der Waals surface area contributed by atoms with Crippen LogP contribution >= 0.6 is 24.8 Å². The Labute approximate surface area is 130 Å². The third-order valence-corrected chi connectivity index (χ3v) is 3.29. The van der Waals surface area contributed by atoms with Crippen molar-refractivity contribution in [1.29, 1.82) is 0 Å². The molecule has 0 bridgehead atoms. The van der Waals surface area contributed by atoms with E-state index in [0.29, 0.717) is 11.5 Å². The molecular formula is C14H17Cl2N3O. The summed E-state index contributed by atoms with van der Waals surface area (Å²) in [7, 11) is 0. The van der Waals surface area contributed by atoms with Crippen molar-refractivity contribution in [2.75, 3.05) is 19.6 Å². The predicted molar refractivity (Wildman–Crippen MR) is 84.9 cm³/mol. The van der Waals surface area contributed by atoms with E-state index in [4.69, 9.17) is 0 Å². The van der Waals surface area contributed by atoms with Gasteiger partial charge in [-0.3, -0.25) is 9.78 Å². The Balaban J connectivity index is 0.000001000. The minimum Gasteiger partial charge on any atom is -0.352 e. The minimum absolute atomic E-state index is 0. The molecule has 1 aliphatic heterocycles. The summed E-state index contributed by atoms with van der Waals surface area (Å²) in [6.07, 6.45) is 1.72. The molecule has 2 N–H and O–H groups in total. The van der Waals surface area contributed by atoms with Crippen LogP contribution in [0, 0.1) is 5.92 Å². The topological polar surface area (TPSA) is 54.0 Å². The van der Waals surface area contributed by atoms with Crippen LogP contribution in [0.5, 0.6) is 0 Å². The highest BCUT2D eigenvalue weighted by atomic mass is 35.5. The third-order valence-electron chi connectivity index (χ3n) is 3.29. The maximum atomic E-state index is 12.1. The van der Waals surface area contributed by atoms with Gasteiger partial charge in [0.05, 0.1) is 11.1 Å². The zero-order valence-corrected chi connectivity index (χ0v) is 12.5. The molecule has 1 amide bonds. The zero-order chi connectivity index (χ0) is 12.4. The maximum absolute atomic E-state index is 12.1. The molecule has 1 aliphatic rings. The standard InChI is InChI=1S/C14H15N3O.2ClH/c18-14(17-9-10-7-15-8-10)12-5-1-3-11-4-2-6-16-13(11)12;;/h1-6,10,15H,7-9H2,(H,17,18);2*1H. The van der Waals surface area contributed by atoms with Crippen molar-refractivity contribution >= 4 is 41.6 Å². The monoisotopic (exact) mass is 313 g/mol. The zero-order valence-electron chi connectivity index (χ0n) is 10.8. The van der Waals surface area contributed by atoms with E-state index in [9.17, 15) is 4.79 Å². The van der Waals surface area contributed by atoms with E-state index in [1.807, 2.05) is 30.3 Å². The van der Waals surface area contributed by atoms with Crippen molar-refractivity contribution in [3.8, 4) is 0 Å². The number of carbonyl (C=O) groups is 1. The molecule has 3 rings (SSSR count). The number of benzene rings is 1. The summed E-state index contributed by atoms with van der Waals surface area (Å²) in [4.78, 5) is 16.4. The Morgan fingerprint density at radius 1 is 1.25 bits per heavy atom. The minimum atomic E-state index is -0.0359. The van der Waals surface area contributed by atoms with E-state index in [0.717, 1.165) is 30.5 Å². The first-order chi connectivity index (χ1) is 8.84. The summed E-state index contributed by atoms with van der Waals surface area (Å²) in [6, 6.07) is 9.53. The SMILES string of the molecule is Cl.Cl.O=C(NCC1CNC1)c1cccc2cccnc12. The van der Waals surface area contributed by atoms with Gasteiger partial charge < -0.3 is 10.6 Å². The van der Waals surface area contributed by atoms with Crippen molar-refractivity contribution in [3.05, 3.63) is 42.1 Å². The van der Waals surface area contributed by atoms with Crippen LogP contribution in [0.15, 0.2) is 36.5 Å². The van der Waals surface area contributed by atoms with Crippen LogP contribution < -0.4 is 10.6 Å². The Bertz CT molecular complexity index is 582. The molecule has 20 heavy (non-hydrogen) atoms. The average Bonchev–Trinajstić information content (AvgIpc) is 2.36. The molecule has 1 aromatic carbocycles. The van der Waals surface area contributed by atoms with Crippen LogP contribution in [-0.2, 0) is 0 Å². The van der Waals surface area contributed by atoms with Crippen molar-refractivity contribution in [3.63, 3.8) is 0 Å². The van der Waals surface area contributed by atoms with Crippen molar-refractivity contribution in [2.24, 2.45) is 5.92 Å². The molecule has 1 aromatic heterocycles. The average molecular weight is 314 g/mol. The number of fused-ring (bicyclic) bond motifs is 1. The fraction of sp³-hybridized carbons (Fsp3) is 0.286. The van der Waals surface area contributed by atoms with Crippen LogP contribution in [-0.4, -0.2) is 30.5 Å². The number of carbonyl (C=O) groups excluding carboxylic acids is 1. The summed E-state index contributed by atoms with van der Waals surface area (Å²) in [5.74, 6) is 0.531. The van der Waals surface area contributed by atoms with Crippen LogP contribution in [0.4, 0.5) is 0 Å². The molecule has 2 aromatic rings. The molecule has 0 aliphatic carbocycles. The molecule has 4 nitrogen and oxygen atoms in total. The lowest BCUT2D eigenvalue weighted by Gasteiger charge is -2.27. The lowest BCUT2D eigenvalue weighted by Crippen LogP contribution is -2.48. The molecule has 1 saturated heterocycles. The first-order valence-corrected chi connectivity index (χ1v) is 6.17. The fourth-order valence-corrected chi connectivity index (χ4v) is 2.11. The highest BCUT2D eigenvalue weighted by molar-refractivity contribution is 6.05. The molecular weight excluding hydrogens is 297 g/mol.